The van der Waals surface area contributed by atoms with E-state index < -0.39 is 11.7 Å². The van der Waals surface area contributed by atoms with Gasteiger partial charge in [0, 0.05) is 19.0 Å². The number of rotatable bonds is 2. The summed E-state index contributed by atoms with van der Waals surface area (Å²) in [6.07, 6.45) is 4.01. The van der Waals surface area contributed by atoms with E-state index in [0.29, 0.717) is 12.1 Å². The molecular formula is C12H15F2N3. The number of nitrogens with zero attached hydrogens (tertiary/aromatic N) is 3. The predicted octanol–water partition coefficient (Wildman–Crippen LogP) is 3.25. The Morgan fingerprint density at radius 3 is 2.82 bits per heavy atom. The van der Waals surface area contributed by atoms with Crippen LogP contribution in [-0.2, 0) is 0 Å². The number of aliphatic imine (C=N–C) groups is 1. The largest absolute Gasteiger partial charge is 0.292 e. The van der Waals surface area contributed by atoms with Crippen LogP contribution in [0.3, 0.4) is 0 Å². The summed E-state index contributed by atoms with van der Waals surface area (Å²) in [5, 5.41) is 7.53. The molecule has 0 saturated carbocycles. The van der Waals surface area contributed by atoms with E-state index in [9.17, 15) is 8.78 Å². The Balaban J connectivity index is 2.92. The van der Waals surface area contributed by atoms with Crippen molar-refractivity contribution in [3.63, 3.8) is 0 Å². The molecule has 92 valence electrons. The minimum Gasteiger partial charge on any atom is -0.292 e. The lowest BCUT2D eigenvalue weighted by Crippen LogP contribution is -2.10. The smallest absolute Gasteiger partial charge is 0.149 e. The van der Waals surface area contributed by atoms with Crippen molar-refractivity contribution in [2.24, 2.45) is 21.1 Å². The fourth-order valence-electron chi connectivity index (χ4n) is 1.27. The van der Waals surface area contributed by atoms with E-state index in [1.54, 1.807) is 20.9 Å². The summed E-state index contributed by atoms with van der Waals surface area (Å²) in [5.74, 6) is -1.45. The van der Waals surface area contributed by atoms with Gasteiger partial charge in [0.15, 0.2) is 0 Å². The molecule has 1 aliphatic carbocycles. The van der Waals surface area contributed by atoms with Crippen LogP contribution < -0.4 is 0 Å². The lowest BCUT2D eigenvalue weighted by atomic mass is 10.0. The SMILES string of the molecule is CN=C(C)/C=N/N=C1/C(F)=CC(F)=CCC1C. The highest BCUT2D eigenvalue weighted by atomic mass is 19.1. The number of halogens is 2. The first-order chi connectivity index (χ1) is 8.04. The second-order valence-corrected chi connectivity index (χ2v) is 3.81. The molecule has 17 heavy (non-hydrogen) atoms. The van der Waals surface area contributed by atoms with Crippen molar-refractivity contribution in [2.75, 3.05) is 7.05 Å². The molecule has 1 rings (SSSR count). The maximum absolute atomic E-state index is 13.6. The Kier molecular flexibility index (Phi) is 4.87. The monoisotopic (exact) mass is 239 g/mol. The molecule has 1 unspecified atom stereocenters. The normalized spacial score (nSPS) is 24.9. The van der Waals surface area contributed by atoms with Crippen molar-refractivity contribution < 1.29 is 8.78 Å². The Labute approximate surface area is 99.4 Å². The topological polar surface area (TPSA) is 37.1 Å². The van der Waals surface area contributed by atoms with Gasteiger partial charge in [-0.15, -0.1) is 0 Å². The molecule has 0 heterocycles. The average Bonchev–Trinajstić information content (AvgIpc) is 2.41. The summed E-state index contributed by atoms with van der Waals surface area (Å²) < 4.78 is 26.5. The van der Waals surface area contributed by atoms with Crippen molar-refractivity contribution in [2.45, 2.75) is 20.3 Å². The van der Waals surface area contributed by atoms with Gasteiger partial charge < -0.3 is 0 Å². The Morgan fingerprint density at radius 2 is 2.18 bits per heavy atom. The molecule has 0 spiro atoms. The molecule has 0 radical (unpaired) electrons. The average molecular weight is 239 g/mol. The summed E-state index contributed by atoms with van der Waals surface area (Å²) in [6, 6.07) is 0. The second-order valence-electron chi connectivity index (χ2n) is 3.81. The van der Waals surface area contributed by atoms with Gasteiger partial charge in [0.1, 0.15) is 17.4 Å². The molecule has 0 aliphatic heterocycles. The zero-order valence-electron chi connectivity index (χ0n) is 10.1. The van der Waals surface area contributed by atoms with Gasteiger partial charge in [0.05, 0.1) is 11.9 Å². The van der Waals surface area contributed by atoms with E-state index >= 15 is 0 Å². The third-order valence-corrected chi connectivity index (χ3v) is 2.41. The summed E-state index contributed by atoms with van der Waals surface area (Å²) in [6.45, 7) is 3.53. The molecule has 0 N–H and O–H groups in total. The number of allylic oxidation sites excluding steroid dienone is 4. The van der Waals surface area contributed by atoms with Crippen LogP contribution in [0.1, 0.15) is 20.3 Å². The van der Waals surface area contributed by atoms with Gasteiger partial charge in [-0.25, -0.2) is 8.78 Å². The van der Waals surface area contributed by atoms with E-state index in [-0.39, 0.29) is 11.6 Å². The minimum absolute atomic E-state index is 0.161. The van der Waals surface area contributed by atoms with Crippen LogP contribution >= 0.6 is 0 Å². The van der Waals surface area contributed by atoms with E-state index in [2.05, 4.69) is 15.2 Å². The summed E-state index contributed by atoms with van der Waals surface area (Å²) in [4.78, 5) is 3.86. The molecule has 3 nitrogen and oxygen atoms in total. The maximum atomic E-state index is 13.6. The van der Waals surface area contributed by atoms with Crippen LogP contribution in [0.15, 0.2) is 39.0 Å². The van der Waals surface area contributed by atoms with Crippen molar-refractivity contribution in [1.82, 2.24) is 0 Å². The molecule has 0 saturated heterocycles. The first-order valence-corrected chi connectivity index (χ1v) is 5.32. The van der Waals surface area contributed by atoms with Crippen LogP contribution in [0.25, 0.3) is 0 Å². The zero-order chi connectivity index (χ0) is 12.8. The summed E-state index contributed by atoms with van der Waals surface area (Å²) in [5.41, 5.74) is 0.846. The van der Waals surface area contributed by atoms with Gasteiger partial charge in [-0.2, -0.15) is 10.2 Å². The Morgan fingerprint density at radius 1 is 1.47 bits per heavy atom. The van der Waals surface area contributed by atoms with Crippen LogP contribution in [0.5, 0.6) is 0 Å². The van der Waals surface area contributed by atoms with Crippen LogP contribution in [0.4, 0.5) is 8.78 Å². The molecule has 1 aliphatic rings. The summed E-state index contributed by atoms with van der Waals surface area (Å²) >= 11 is 0. The first-order valence-electron chi connectivity index (χ1n) is 5.32. The third kappa shape index (κ3) is 4.01. The van der Waals surface area contributed by atoms with Crippen LogP contribution in [0.2, 0.25) is 0 Å². The fourth-order valence-corrected chi connectivity index (χ4v) is 1.27. The molecule has 0 amide bonds. The Hall–Kier alpha value is -1.65. The van der Waals surface area contributed by atoms with Crippen LogP contribution in [-0.4, -0.2) is 24.7 Å². The van der Waals surface area contributed by atoms with Crippen molar-refractivity contribution >= 4 is 17.6 Å². The molecule has 0 bridgehead atoms. The van der Waals surface area contributed by atoms with Crippen molar-refractivity contribution in [3.8, 4) is 0 Å². The van der Waals surface area contributed by atoms with E-state index in [1.165, 1.54) is 12.3 Å². The lowest BCUT2D eigenvalue weighted by Gasteiger charge is -2.07. The van der Waals surface area contributed by atoms with Gasteiger partial charge in [0.2, 0.25) is 0 Å². The van der Waals surface area contributed by atoms with E-state index in [1.807, 2.05) is 0 Å². The van der Waals surface area contributed by atoms with Crippen molar-refractivity contribution in [1.29, 1.82) is 0 Å². The molecule has 5 heteroatoms. The number of hydrogen-bond acceptors (Lipinski definition) is 3. The molecule has 0 fully saturated rings. The highest BCUT2D eigenvalue weighted by molar-refractivity contribution is 6.29. The van der Waals surface area contributed by atoms with Crippen molar-refractivity contribution in [3.05, 3.63) is 23.8 Å². The fraction of sp³-hybridized carbons (Fsp3) is 0.417. The molecular weight excluding hydrogens is 224 g/mol. The standard InChI is InChI=1S/C12H15F2N3/c1-8-4-5-10(13)6-11(14)12(8)17-16-7-9(2)15-3/h5-8H,4H2,1-3H3/b15-9?,16-7+,17-12+. The van der Waals surface area contributed by atoms with Gasteiger partial charge in [-0.3, -0.25) is 4.99 Å². The van der Waals surface area contributed by atoms with Gasteiger partial charge in [0.25, 0.3) is 0 Å². The molecule has 0 aromatic rings. The maximum Gasteiger partial charge on any atom is 0.149 e. The zero-order valence-corrected chi connectivity index (χ0v) is 10.1. The van der Waals surface area contributed by atoms with Gasteiger partial charge in [-0.05, 0) is 19.4 Å². The van der Waals surface area contributed by atoms with E-state index in [4.69, 9.17) is 0 Å². The lowest BCUT2D eigenvalue weighted by molar-refractivity contribution is 0.638. The minimum atomic E-state index is -0.674. The second kappa shape index (κ2) is 6.18. The highest BCUT2D eigenvalue weighted by Crippen LogP contribution is 2.21. The quantitative estimate of drug-likeness (QED) is 0.524. The van der Waals surface area contributed by atoms with Gasteiger partial charge >= 0.3 is 0 Å². The van der Waals surface area contributed by atoms with Gasteiger partial charge in [-0.1, -0.05) is 6.92 Å². The van der Waals surface area contributed by atoms with Crippen LogP contribution in [0, 0.1) is 5.92 Å². The number of hydrogen-bond donors (Lipinski definition) is 0. The molecule has 0 aromatic heterocycles. The summed E-state index contributed by atoms with van der Waals surface area (Å²) in [7, 11) is 1.63. The Bertz CT molecular complexity index is 431. The molecule has 1 atom stereocenters. The molecule has 0 aromatic carbocycles. The van der Waals surface area contributed by atoms with E-state index in [0.717, 1.165) is 6.08 Å². The predicted molar refractivity (Wildman–Crippen MR) is 67.1 cm³/mol. The highest BCUT2D eigenvalue weighted by Gasteiger charge is 2.18. The first kappa shape index (κ1) is 13.4. The third-order valence-electron chi connectivity index (χ3n) is 2.41.